The average Bonchev–Trinajstić information content (AvgIpc) is 2.52. The van der Waals surface area contributed by atoms with Gasteiger partial charge in [0.1, 0.15) is 0 Å². The van der Waals surface area contributed by atoms with Gasteiger partial charge in [0.15, 0.2) is 0 Å². The van der Waals surface area contributed by atoms with Crippen molar-refractivity contribution in [3.05, 3.63) is 42.5 Å². The number of rotatable bonds is 9. The lowest BCUT2D eigenvalue weighted by Crippen LogP contribution is -2.25. The van der Waals surface area contributed by atoms with Crippen molar-refractivity contribution < 1.29 is 14.6 Å². The molecule has 0 heterocycles. The fourth-order valence-corrected chi connectivity index (χ4v) is 2.15. The Morgan fingerprint density at radius 2 is 1.81 bits per heavy atom. The SMILES string of the molecule is CCOCCOCC(O)CNc1cccc2ccccc12. The lowest BCUT2D eigenvalue weighted by atomic mass is 10.1. The van der Waals surface area contributed by atoms with E-state index in [1.54, 1.807) is 0 Å². The summed E-state index contributed by atoms with van der Waals surface area (Å²) in [6, 6.07) is 14.3. The van der Waals surface area contributed by atoms with Crippen molar-refractivity contribution in [2.45, 2.75) is 13.0 Å². The third-order valence-corrected chi connectivity index (χ3v) is 3.20. The van der Waals surface area contributed by atoms with Gasteiger partial charge in [-0.15, -0.1) is 0 Å². The molecule has 0 fully saturated rings. The number of anilines is 1. The normalized spacial score (nSPS) is 12.5. The first-order chi connectivity index (χ1) is 10.3. The molecule has 4 heteroatoms. The molecule has 0 radical (unpaired) electrons. The zero-order valence-electron chi connectivity index (χ0n) is 12.4. The third-order valence-electron chi connectivity index (χ3n) is 3.20. The van der Waals surface area contributed by atoms with E-state index >= 15 is 0 Å². The molecular formula is C17H23NO3. The van der Waals surface area contributed by atoms with Gasteiger partial charge in [-0.1, -0.05) is 36.4 Å². The zero-order chi connectivity index (χ0) is 14.9. The van der Waals surface area contributed by atoms with Crippen molar-refractivity contribution in [3.8, 4) is 0 Å². The molecule has 4 nitrogen and oxygen atoms in total. The van der Waals surface area contributed by atoms with Crippen molar-refractivity contribution in [2.75, 3.05) is 38.3 Å². The van der Waals surface area contributed by atoms with Crippen LogP contribution in [0.4, 0.5) is 5.69 Å². The Kier molecular flexibility index (Phi) is 6.47. The second-order valence-corrected chi connectivity index (χ2v) is 4.83. The molecule has 2 N–H and O–H groups in total. The number of benzene rings is 2. The summed E-state index contributed by atoms with van der Waals surface area (Å²) < 4.78 is 10.5. The summed E-state index contributed by atoms with van der Waals surface area (Å²) in [5.41, 5.74) is 1.03. The zero-order valence-corrected chi connectivity index (χ0v) is 12.4. The molecule has 0 saturated carbocycles. The Morgan fingerprint density at radius 3 is 2.67 bits per heavy atom. The summed E-state index contributed by atoms with van der Waals surface area (Å²) in [6.07, 6.45) is -0.536. The molecule has 2 aromatic rings. The lowest BCUT2D eigenvalue weighted by Gasteiger charge is -2.14. The van der Waals surface area contributed by atoms with Crippen molar-refractivity contribution in [3.63, 3.8) is 0 Å². The third kappa shape index (κ3) is 5.01. The molecular weight excluding hydrogens is 266 g/mol. The van der Waals surface area contributed by atoms with Gasteiger partial charge in [-0.3, -0.25) is 0 Å². The highest BCUT2D eigenvalue weighted by Gasteiger charge is 2.05. The van der Waals surface area contributed by atoms with Crippen LogP contribution in [0.2, 0.25) is 0 Å². The van der Waals surface area contributed by atoms with Gasteiger partial charge in [0.2, 0.25) is 0 Å². The quantitative estimate of drug-likeness (QED) is 0.697. The van der Waals surface area contributed by atoms with Gasteiger partial charge >= 0.3 is 0 Å². The minimum Gasteiger partial charge on any atom is -0.389 e. The van der Waals surface area contributed by atoms with Crippen LogP contribution >= 0.6 is 0 Å². The molecule has 114 valence electrons. The highest BCUT2D eigenvalue weighted by Crippen LogP contribution is 2.22. The predicted octanol–water partition coefficient (Wildman–Crippen LogP) is 2.67. The van der Waals surface area contributed by atoms with E-state index in [1.807, 2.05) is 31.2 Å². The Labute approximate surface area is 125 Å². The number of aliphatic hydroxyl groups is 1. The number of nitrogens with one attached hydrogen (secondary N) is 1. The van der Waals surface area contributed by atoms with Gasteiger partial charge in [0.25, 0.3) is 0 Å². The molecule has 0 saturated heterocycles. The van der Waals surface area contributed by atoms with E-state index in [4.69, 9.17) is 9.47 Å². The van der Waals surface area contributed by atoms with Crippen LogP contribution in [0.5, 0.6) is 0 Å². The number of ether oxygens (including phenoxy) is 2. The van der Waals surface area contributed by atoms with E-state index in [9.17, 15) is 5.11 Å². The highest BCUT2D eigenvalue weighted by molar-refractivity contribution is 5.93. The van der Waals surface area contributed by atoms with E-state index in [0.717, 1.165) is 11.1 Å². The topological polar surface area (TPSA) is 50.7 Å². The second-order valence-electron chi connectivity index (χ2n) is 4.83. The highest BCUT2D eigenvalue weighted by atomic mass is 16.5. The molecule has 0 amide bonds. The summed E-state index contributed by atoms with van der Waals surface area (Å²) in [7, 11) is 0. The van der Waals surface area contributed by atoms with Gasteiger partial charge in [-0.05, 0) is 18.4 Å². The fourth-order valence-electron chi connectivity index (χ4n) is 2.15. The summed E-state index contributed by atoms with van der Waals surface area (Å²) >= 11 is 0. The predicted molar refractivity (Wildman–Crippen MR) is 85.8 cm³/mol. The van der Waals surface area contributed by atoms with E-state index in [2.05, 4.69) is 23.5 Å². The van der Waals surface area contributed by atoms with Crippen molar-refractivity contribution in [1.29, 1.82) is 0 Å². The first kappa shape index (κ1) is 15.8. The largest absolute Gasteiger partial charge is 0.389 e. The van der Waals surface area contributed by atoms with Crippen LogP contribution in [0, 0.1) is 0 Å². The molecule has 0 spiro atoms. The lowest BCUT2D eigenvalue weighted by molar-refractivity contribution is 0.0103. The molecule has 0 aliphatic carbocycles. The van der Waals surface area contributed by atoms with Crippen LogP contribution < -0.4 is 5.32 Å². The van der Waals surface area contributed by atoms with Gasteiger partial charge in [-0.2, -0.15) is 0 Å². The molecule has 21 heavy (non-hydrogen) atoms. The van der Waals surface area contributed by atoms with Crippen molar-refractivity contribution >= 4 is 16.5 Å². The number of hydrogen-bond acceptors (Lipinski definition) is 4. The molecule has 0 bridgehead atoms. The first-order valence-electron chi connectivity index (χ1n) is 7.36. The van der Waals surface area contributed by atoms with Crippen LogP contribution in [0.25, 0.3) is 10.8 Å². The van der Waals surface area contributed by atoms with Crippen molar-refractivity contribution in [1.82, 2.24) is 0 Å². The standard InChI is InChI=1S/C17H23NO3/c1-2-20-10-11-21-13-15(19)12-18-17-9-5-7-14-6-3-4-8-16(14)17/h3-9,15,18-19H,2,10-13H2,1H3. The van der Waals surface area contributed by atoms with Gasteiger partial charge < -0.3 is 19.9 Å². The first-order valence-corrected chi connectivity index (χ1v) is 7.36. The summed E-state index contributed by atoms with van der Waals surface area (Å²) in [4.78, 5) is 0. The Bertz CT molecular complexity index is 539. The molecule has 0 aliphatic heterocycles. The summed E-state index contributed by atoms with van der Waals surface area (Å²) in [6.45, 7) is 4.49. The van der Waals surface area contributed by atoms with E-state index in [1.165, 1.54) is 5.39 Å². The van der Waals surface area contributed by atoms with Crippen LogP contribution in [-0.4, -0.2) is 44.2 Å². The number of fused-ring (bicyclic) bond motifs is 1. The Balaban J connectivity index is 1.79. The maximum atomic E-state index is 9.91. The van der Waals surface area contributed by atoms with Crippen LogP contribution in [-0.2, 0) is 9.47 Å². The number of aliphatic hydroxyl groups excluding tert-OH is 1. The minimum absolute atomic E-state index is 0.310. The van der Waals surface area contributed by atoms with Crippen LogP contribution in [0.3, 0.4) is 0 Å². The average molecular weight is 289 g/mol. The monoisotopic (exact) mass is 289 g/mol. The van der Waals surface area contributed by atoms with E-state index in [0.29, 0.717) is 33.0 Å². The van der Waals surface area contributed by atoms with Crippen LogP contribution in [0.1, 0.15) is 6.92 Å². The van der Waals surface area contributed by atoms with Gasteiger partial charge in [0, 0.05) is 24.2 Å². The smallest absolute Gasteiger partial charge is 0.0945 e. The molecule has 2 rings (SSSR count). The van der Waals surface area contributed by atoms with Crippen LogP contribution in [0.15, 0.2) is 42.5 Å². The molecule has 1 atom stereocenters. The van der Waals surface area contributed by atoms with E-state index in [-0.39, 0.29) is 0 Å². The van der Waals surface area contributed by atoms with E-state index < -0.39 is 6.10 Å². The maximum absolute atomic E-state index is 9.91. The molecule has 0 aromatic heterocycles. The molecule has 0 aliphatic rings. The molecule has 2 aromatic carbocycles. The van der Waals surface area contributed by atoms with Gasteiger partial charge in [0.05, 0.1) is 25.9 Å². The minimum atomic E-state index is -0.536. The summed E-state index contributed by atoms with van der Waals surface area (Å²) in [5, 5.41) is 15.5. The molecule has 1 unspecified atom stereocenters. The second kappa shape index (κ2) is 8.62. The summed E-state index contributed by atoms with van der Waals surface area (Å²) in [5.74, 6) is 0. The number of hydrogen-bond donors (Lipinski definition) is 2. The van der Waals surface area contributed by atoms with Gasteiger partial charge in [-0.25, -0.2) is 0 Å². The van der Waals surface area contributed by atoms with Crippen molar-refractivity contribution in [2.24, 2.45) is 0 Å². The Morgan fingerprint density at radius 1 is 1.05 bits per heavy atom. The fraction of sp³-hybridized carbons (Fsp3) is 0.412. The maximum Gasteiger partial charge on any atom is 0.0945 e. The Hall–Kier alpha value is -1.62.